The first kappa shape index (κ1) is 10.5. The minimum Gasteiger partial charge on any atom is -0.385 e. The Morgan fingerprint density at radius 1 is 1.40 bits per heavy atom. The number of anilines is 1. The molecule has 1 atom stereocenters. The standard InChI is InChI=1S/C13H20N2/c1-11-4-2-3-5-13(11)15-9-7-12-6-8-14-10-12/h2-5,12,14-15H,6-10H2,1H3. The van der Waals surface area contributed by atoms with Crippen LogP contribution in [0.5, 0.6) is 0 Å². The molecule has 82 valence electrons. The SMILES string of the molecule is Cc1ccccc1NCCC1CCNC1. The normalized spacial score (nSPS) is 20.5. The maximum absolute atomic E-state index is 3.51. The molecule has 0 spiro atoms. The van der Waals surface area contributed by atoms with Gasteiger partial charge < -0.3 is 10.6 Å². The molecule has 1 aliphatic rings. The van der Waals surface area contributed by atoms with Crippen LogP contribution in [0.25, 0.3) is 0 Å². The molecular formula is C13H20N2. The molecule has 0 amide bonds. The molecule has 0 bridgehead atoms. The Morgan fingerprint density at radius 3 is 3.00 bits per heavy atom. The lowest BCUT2D eigenvalue weighted by Gasteiger charge is -2.11. The Bertz CT molecular complexity index is 303. The molecule has 2 rings (SSSR count). The zero-order valence-corrected chi connectivity index (χ0v) is 9.42. The van der Waals surface area contributed by atoms with Crippen molar-refractivity contribution in [3.8, 4) is 0 Å². The van der Waals surface area contributed by atoms with E-state index < -0.39 is 0 Å². The Labute approximate surface area is 92.1 Å². The summed E-state index contributed by atoms with van der Waals surface area (Å²) >= 11 is 0. The maximum Gasteiger partial charge on any atom is 0.0369 e. The Kier molecular flexibility index (Phi) is 3.62. The van der Waals surface area contributed by atoms with Crippen molar-refractivity contribution in [1.29, 1.82) is 0 Å². The summed E-state index contributed by atoms with van der Waals surface area (Å²) in [5.74, 6) is 0.876. The van der Waals surface area contributed by atoms with Gasteiger partial charge in [-0.25, -0.2) is 0 Å². The molecule has 0 saturated carbocycles. The molecule has 0 aromatic heterocycles. The minimum absolute atomic E-state index is 0.876. The van der Waals surface area contributed by atoms with E-state index in [0.29, 0.717) is 0 Å². The van der Waals surface area contributed by atoms with Crippen molar-refractivity contribution in [3.05, 3.63) is 29.8 Å². The van der Waals surface area contributed by atoms with Crippen LogP contribution in [0.2, 0.25) is 0 Å². The lowest BCUT2D eigenvalue weighted by molar-refractivity contribution is 0.549. The number of hydrogen-bond donors (Lipinski definition) is 2. The van der Waals surface area contributed by atoms with Crippen molar-refractivity contribution in [3.63, 3.8) is 0 Å². The first-order valence-electron chi connectivity index (χ1n) is 5.86. The molecule has 1 aliphatic heterocycles. The molecule has 1 fully saturated rings. The molecule has 0 aliphatic carbocycles. The van der Waals surface area contributed by atoms with E-state index >= 15 is 0 Å². The second-order valence-corrected chi connectivity index (χ2v) is 4.39. The van der Waals surface area contributed by atoms with Gasteiger partial charge in [-0.05, 0) is 50.4 Å². The van der Waals surface area contributed by atoms with Gasteiger partial charge in [0.2, 0.25) is 0 Å². The summed E-state index contributed by atoms with van der Waals surface area (Å²) in [4.78, 5) is 0. The zero-order valence-electron chi connectivity index (χ0n) is 9.42. The number of nitrogens with one attached hydrogen (secondary N) is 2. The fourth-order valence-electron chi connectivity index (χ4n) is 2.14. The van der Waals surface area contributed by atoms with Crippen molar-refractivity contribution < 1.29 is 0 Å². The van der Waals surface area contributed by atoms with Crippen LogP contribution in [0.1, 0.15) is 18.4 Å². The second kappa shape index (κ2) is 5.17. The van der Waals surface area contributed by atoms with Crippen LogP contribution in [0.4, 0.5) is 5.69 Å². The Balaban J connectivity index is 1.75. The number of para-hydroxylation sites is 1. The van der Waals surface area contributed by atoms with Crippen LogP contribution in [-0.4, -0.2) is 19.6 Å². The Morgan fingerprint density at radius 2 is 2.27 bits per heavy atom. The average molecular weight is 204 g/mol. The number of hydrogen-bond acceptors (Lipinski definition) is 2. The third-order valence-corrected chi connectivity index (χ3v) is 3.18. The highest BCUT2D eigenvalue weighted by Crippen LogP contribution is 2.15. The highest BCUT2D eigenvalue weighted by molar-refractivity contribution is 5.50. The van der Waals surface area contributed by atoms with E-state index in [2.05, 4.69) is 41.8 Å². The summed E-state index contributed by atoms with van der Waals surface area (Å²) in [6.45, 7) is 5.65. The van der Waals surface area contributed by atoms with E-state index in [4.69, 9.17) is 0 Å². The van der Waals surface area contributed by atoms with Crippen LogP contribution in [0.15, 0.2) is 24.3 Å². The lowest BCUT2D eigenvalue weighted by atomic mass is 10.1. The van der Waals surface area contributed by atoms with Gasteiger partial charge in [0.25, 0.3) is 0 Å². The van der Waals surface area contributed by atoms with Crippen molar-refractivity contribution in [2.24, 2.45) is 5.92 Å². The number of rotatable bonds is 4. The van der Waals surface area contributed by atoms with Gasteiger partial charge in [-0.15, -0.1) is 0 Å². The van der Waals surface area contributed by atoms with E-state index in [1.54, 1.807) is 0 Å². The monoisotopic (exact) mass is 204 g/mol. The van der Waals surface area contributed by atoms with Gasteiger partial charge in [0.05, 0.1) is 0 Å². The first-order chi connectivity index (χ1) is 7.36. The number of aryl methyl sites for hydroxylation is 1. The average Bonchev–Trinajstić information content (AvgIpc) is 2.74. The lowest BCUT2D eigenvalue weighted by Crippen LogP contribution is -2.13. The third kappa shape index (κ3) is 2.96. The smallest absolute Gasteiger partial charge is 0.0369 e. The molecule has 0 radical (unpaired) electrons. The molecule has 1 heterocycles. The van der Waals surface area contributed by atoms with Crippen LogP contribution in [0.3, 0.4) is 0 Å². The van der Waals surface area contributed by atoms with Gasteiger partial charge in [0, 0.05) is 12.2 Å². The zero-order chi connectivity index (χ0) is 10.5. The summed E-state index contributed by atoms with van der Waals surface area (Å²) in [5, 5.41) is 6.92. The largest absolute Gasteiger partial charge is 0.385 e. The fraction of sp³-hybridized carbons (Fsp3) is 0.538. The minimum atomic E-state index is 0.876. The van der Waals surface area contributed by atoms with Crippen molar-refractivity contribution in [2.75, 3.05) is 25.0 Å². The molecule has 1 saturated heterocycles. The van der Waals surface area contributed by atoms with E-state index in [1.165, 1.54) is 37.2 Å². The van der Waals surface area contributed by atoms with Gasteiger partial charge in [0.15, 0.2) is 0 Å². The van der Waals surface area contributed by atoms with Gasteiger partial charge >= 0.3 is 0 Å². The highest BCUT2D eigenvalue weighted by atomic mass is 14.9. The van der Waals surface area contributed by atoms with Crippen LogP contribution >= 0.6 is 0 Å². The van der Waals surface area contributed by atoms with Gasteiger partial charge in [0.1, 0.15) is 0 Å². The summed E-state index contributed by atoms with van der Waals surface area (Å²) < 4.78 is 0. The van der Waals surface area contributed by atoms with E-state index in [9.17, 15) is 0 Å². The molecule has 1 aromatic carbocycles. The Hall–Kier alpha value is -1.02. The molecule has 2 nitrogen and oxygen atoms in total. The predicted molar refractivity (Wildman–Crippen MR) is 65.3 cm³/mol. The molecule has 1 unspecified atom stereocenters. The third-order valence-electron chi connectivity index (χ3n) is 3.18. The van der Waals surface area contributed by atoms with Crippen LogP contribution < -0.4 is 10.6 Å². The molecular weight excluding hydrogens is 184 g/mol. The van der Waals surface area contributed by atoms with Crippen molar-refractivity contribution in [2.45, 2.75) is 19.8 Å². The first-order valence-corrected chi connectivity index (χ1v) is 5.86. The predicted octanol–water partition coefficient (Wildman–Crippen LogP) is 2.41. The van der Waals surface area contributed by atoms with Crippen molar-refractivity contribution in [1.82, 2.24) is 5.32 Å². The summed E-state index contributed by atoms with van der Waals surface area (Å²) in [6.07, 6.45) is 2.62. The van der Waals surface area contributed by atoms with Gasteiger partial charge in [-0.3, -0.25) is 0 Å². The van der Waals surface area contributed by atoms with Crippen LogP contribution in [0, 0.1) is 12.8 Å². The van der Waals surface area contributed by atoms with E-state index in [-0.39, 0.29) is 0 Å². The maximum atomic E-state index is 3.51. The second-order valence-electron chi connectivity index (χ2n) is 4.39. The molecule has 2 heteroatoms. The number of benzene rings is 1. The summed E-state index contributed by atoms with van der Waals surface area (Å²) in [6, 6.07) is 8.48. The van der Waals surface area contributed by atoms with Crippen LogP contribution in [-0.2, 0) is 0 Å². The van der Waals surface area contributed by atoms with Gasteiger partial charge in [-0.1, -0.05) is 18.2 Å². The van der Waals surface area contributed by atoms with E-state index in [0.717, 1.165) is 12.5 Å². The summed E-state index contributed by atoms with van der Waals surface area (Å²) in [7, 11) is 0. The highest BCUT2D eigenvalue weighted by Gasteiger charge is 2.13. The fourth-order valence-corrected chi connectivity index (χ4v) is 2.14. The molecule has 1 aromatic rings. The van der Waals surface area contributed by atoms with E-state index in [1.807, 2.05) is 0 Å². The van der Waals surface area contributed by atoms with Crippen molar-refractivity contribution >= 4 is 5.69 Å². The molecule has 15 heavy (non-hydrogen) atoms. The summed E-state index contributed by atoms with van der Waals surface area (Å²) in [5.41, 5.74) is 2.62. The topological polar surface area (TPSA) is 24.1 Å². The van der Waals surface area contributed by atoms with Gasteiger partial charge in [-0.2, -0.15) is 0 Å². The molecule has 2 N–H and O–H groups in total. The quantitative estimate of drug-likeness (QED) is 0.787.